The molecule has 0 bridgehead atoms. The normalized spacial score (nSPS) is 19.9. The zero-order valence-electron chi connectivity index (χ0n) is 10.2. The van der Waals surface area contributed by atoms with Gasteiger partial charge in [0.25, 0.3) is 0 Å². The van der Waals surface area contributed by atoms with Gasteiger partial charge >= 0.3 is 6.18 Å². The van der Waals surface area contributed by atoms with Crippen LogP contribution in [-0.2, 0) is 4.74 Å². The second kappa shape index (κ2) is 7.93. The summed E-state index contributed by atoms with van der Waals surface area (Å²) in [7, 11) is 0. The van der Waals surface area contributed by atoms with Gasteiger partial charge in [0, 0.05) is 12.6 Å². The molecule has 0 aromatic carbocycles. The molecule has 102 valence electrons. The molecular formula is C12H22F3NO. The summed E-state index contributed by atoms with van der Waals surface area (Å²) in [4.78, 5) is 0. The van der Waals surface area contributed by atoms with Crippen molar-refractivity contribution in [2.45, 2.75) is 57.2 Å². The van der Waals surface area contributed by atoms with Gasteiger partial charge in [-0.15, -0.1) is 0 Å². The molecule has 1 N–H and O–H groups in total. The maximum Gasteiger partial charge on any atom is 0.411 e. The molecule has 1 aliphatic rings. The molecule has 0 unspecified atom stereocenters. The Bertz CT molecular complexity index is 189. The predicted molar refractivity (Wildman–Crippen MR) is 61.0 cm³/mol. The number of nitrogens with one attached hydrogen (secondary N) is 1. The molecule has 2 nitrogen and oxygen atoms in total. The van der Waals surface area contributed by atoms with Crippen LogP contribution in [-0.4, -0.2) is 32.0 Å². The highest BCUT2D eigenvalue weighted by atomic mass is 19.4. The van der Waals surface area contributed by atoms with Gasteiger partial charge in [0.1, 0.15) is 6.61 Å². The number of hydrogen-bond acceptors (Lipinski definition) is 2. The van der Waals surface area contributed by atoms with E-state index in [4.69, 9.17) is 0 Å². The van der Waals surface area contributed by atoms with Crippen LogP contribution in [0.2, 0.25) is 0 Å². The zero-order valence-corrected chi connectivity index (χ0v) is 10.2. The van der Waals surface area contributed by atoms with Crippen molar-refractivity contribution in [3.8, 4) is 0 Å². The minimum Gasteiger partial charge on any atom is -0.371 e. The minimum absolute atomic E-state index is 0.135. The molecule has 0 aromatic rings. The first-order chi connectivity index (χ1) is 8.08. The van der Waals surface area contributed by atoms with Gasteiger partial charge in [-0.1, -0.05) is 32.1 Å². The molecule has 0 heterocycles. The van der Waals surface area contributed by atoms with Crippen molar-refractivity contribution in [2.24, 2.45) is 0 Å². The number of alkyl halides is 3. The lowest BCUT2D eigenvalue weighted by Crippen LogP contribution is -2.33. The Morgan fingerprint density at radius 2 is 1.59 bits per heavy atom. The van der Waals surface area contributed by atoms with Gasteiger partial charge in [0.15, 0.2) is 0 Å². The molecule has 0 aliphatic heterocycles. The fourth-order valence-corrected chi connectivity index (χ4v) is 2.18. The fourth-order valence-electron chi connectivity index (χ4n) is 2.18. The van der Waals surface area contributed by atoms with Gasteiger partial charge in [0.05, 0.1) is 6.61 Å². The molecule has 0 radical (unpaired) electrons. The summed E-state index contributed by atoms with van der Waals surface area (Å²) in [5, 5.41) is 3.28. The molecule has 0 amide bonds. The molecule has 1 fully saturated rings. The minimum atomic E-state index is -4.21. The quantitative estimate of drug-likeness (QED) is 0.759. The van der Waals surface area contributed by atoms with Crippen molar-refractivity contribution in [1.29, 1.82) is 0 Å². The zero-order chi connectivity index (χ0) is 12.6. The average Bonchev–Trinajstić information content (AvgIpc) is 2.18. The van der Waals surface area contributed by atoms with Gasteiger partial charge in [0.2, 0.25) is 0 Å². The standard InChI is InChI=1S/C12H22F3NO/c13-12(14,15)10-17-9-8-16-11-6-4-2-1-3-5-7-11/h11,16H,1-10H2. The Balaban J connectivity index is 2.00. The van der Waals surface area contributed by atoms with E-state index in [1.54, 1.807) is 0 Å². The molecule has 0 atom stereocenters. The second-order valence-corrected chi connectivity index (χ2v) is 4.66. The van der Waals surface area contributed by atoms with E-state index in [-0.39, 0.29) is 6.61 Å². The largest absolute Gasteiger partial charge is 0.411 e. The summed E-state index contributed by atoms with van der Waals surface area (Å²) in [6.45, 7) is -0.490. The van der Waals surface area contributed by atoms with Gasteiger partial charge in [-0.3, -0.25) is 0 Å². The Kier molecular flexibility index (Phi) is 6.89. The third kappa shape index (κ3) is 8.44. The second-order valence-electron chi connectivity index (χ2n) is 4.66. The Labute approximate surface area is 101 Å². The predicted octanol–water partition coefficient (Wildman–Crippen LogP) is 3.27. The van der Waals surface area contributed by atoms with Crippen molar-refractivity contribution < 1.29 is 17.9 Å². The fraction of sp³-hybridized carbons (Fsp3) is 1.00. The number of rotatable bonds is 5. The molecule has 0 aromatic heterocycles. The van der Waals surface area contributed by atoms with Crippen molar-refractivity contribution in [3.05, 3.63) is 0 Å². The van der Waals surface area contributed by atoms with E-state index in [2.05, 4.69) is 10.1 Å². The van der Waals surface area contributed by atoms with Crippen molar-refractivity contribution in [2.75, 3.05) is 19.8 Å². The van der Waals surface area contributed by atoms with E-state index in [1.165, 1.54) is 32.1 Å². The van der Waals surface area contributed by atoms with Crippen LogP contribution in [0.1, 0.15) is 44.9 Å². The van der Waals surface area contributed by atoms with Gasteiger partial charge in [-0.05, 0) is 12.8 Å². The van der Waals surface area contributed by atoms with E-state index in [1.807, 2.05) is 0 Å². The van der Waals surface area contributed by atoms with Crippen LogP contribution in [0.3, 0.4) is 0 Å². The maximum atomic E-state index is 11.8. The van der Waals surface area contributed by atoms with Crippen LogP contribution < -0.4 is 5.32 Å². The Morgan fingerprint density at radius 3 is 2.18 bits per heavy atom. The molecule has 17 heavy (non-hydrogen) atoms. The molecule has 1 aliphatic carbocycles. The highest BCUT2D eigenvalue weighted by Gasteiger charge is 2.27. The molecular weight excluding hydrogens is 231 g/mol. The van der Waals surface area contributed by atoms with E-state index in [0.29, 0.717) is 12.6 Å². The molecule has 5 heteroatoms. The summed E-state index contributed by atoms with van der Waals surface area (Å²) in [5.74, 6) is 0. The summed E-state index contributed by atoms with van der Waals surface area (Å²) >= 11 is 0. The highest BCUT2D eigenvalue weighted by Crippen LogP contribution is 2.17. The van der Waals surface area contributed by atoms with Crippen LogP contribution in [0.4, 0.5) is 13.2 Å². The topological polar surface area (TPSA) is 21.3 Å². The van der Waals surface area contributed by atoms with E-state index < -0.39 is 12.8 Å². The van der Waals surface area contributed by atoms with Crippen molar-refractivity contribution in [1.82, 2.24) is 5.32 Å². The number of ether oxygens (including phenoxy) is 1. The smallest absolute Gasteiger partial charge is 0.371 e. The van der Waals surface area contributed by atoms with E-state index >= 15 is 0 Å². The summed E-state index contributed by atoms with van der Waals surface area (Å²) in [5.41, 5.74) is 0. The first kappa shape index (κ1) is 14.8. The summed E-state index contributed by atoms with van der Waals surface area (Å²) in [6, 6.07) is 0.463. The first-order valence-corrected chi connectivity index (χ1v) is 6.46. The van der Waals surface area contributed by atoms with Crippen molar-refractivity contribution in [3.63, 3.8) is 0 Å². The average molecular weight is 253 g/mol. The van der Waals surface area contributed by atoms with Crippen LogP contribution >= 0.6 is 0 Å². The molecule has 0 spiro atoms. The van der Waals surface area contributed by atoms with Gasteiger partial charge in [-0.2, -0.15) is 13.2 Å². The highest BCUT2D eigenvalue weighted by molar-refractivity contribution is 4.69. The monoisotopic (exact) mass is 253 g/mol. The maximum absolute atomic E-state index is 11.8. The van der Waals surface area contributed by atoms with Gasteiger partial charge < -0.3 is 10.1 Å². The molecule has 1 rings (SSSR count). The SMILES string of the molecule is FC(F)(F)COCCNC1CCCCCCC1. The van der Waals surface area contributed by atoms with Gasteiger partial charge in [-0.25, -0.2) is 0 Å². The Morgan fingerprint density at radius 1 is 1.00 bits per heavy atom. The van der Waals surface area contributed by atoms with Crippen LogP contribution in [0, 0.1) is 0 Å². The third-order valence-corrected chi connectivity index (χ3v) is 3.05. The molecule has 1 saturated carbocycles. The lowest BCUT2D eigenvalue weighted by atomic mass is 9.97. The molecule has 0 saturated heterocycles. The first-order valence-electron chi connectivity index (χ1n) is 6.46. The van der Waals surface area contributed by atoms with Crippen LogP contribution in [0.25, 0.3) is 0 Å². The third-order valence-electron chi connectivity index (χ3n) is 3.05. The Hall–Kier alpha value is -0.290. The van der Waals surface area contributed by atoms with Crippen LogP contribution in [0.5, 0.6) is 0 Å². The van der Waals surface area contributed by atoms with Crippen LogP contribution in [0.15, 0.2) is 0 Å². The lowest BCUT2D eigenvalue weighted by Gasteiger charge is -2.21. The van der Waals surface area contributed by atoms with E-state index in [0.717, 1.165) is 12.8 Å². The van der Waals surface area contributed by atoms with Crippen molar-refractivity contribution >= 4 is 0 Å². The summed E-state index contributed by atoms with van der Waals surface area (Å²) < 4.78 is 39.9. The lowest BCUT2D eigenvalue weighted by molar-refractivity contribution is -0.173. The summed E-state index contributed by atoms with van der Waals surface area (Å²) in [6.07, 6.45) is 4.40. The number of hydrogen-bond donors (Lipinski definition) is 1. The number of halogens is 3. The van der Waals surface area contributed by atoms with E-state index in [9.17, 15) is 13.2 Å².